The lowest BCUT2D eigenvalue weighted by Gasteiger charge is -2.11. The predicted molar refractivity (Wildman–Crippen MR) is 85.5 cm³/mol. The number of benzene rings is 2. The first-order valence-electron chi connectivity index (χ1n) is 6.43. The van der Waals surface area contributed by atoms with Crippen molar-refractivity contribution in [3.8, 4) is 5.75 Å². The summed E-state index contributed by atoms with van der Waals surface area (Å²) in [7, 11) is 0. The van der Waals surface area contributed by atoms with Crippen LogP contribution in [0.3, 0.4) is 0 Å². The van der Waals surface area contributed by atoms with Gasteiger partial charge in [-0.25, -0.2) is 4.79 Å². The number of halogens is 1. The van der Waals surface area contributed by atoms with Gasteiger partial charge in [0.15, 0.2) is 0 Å². The van der Waals surface area contributed by atoms with E-state index in [0.29, 0.717) is 10.4 Å². The summed E-state index contributed by atoms with van der Waals surface area (Å²) in [4.78, 5) is 22.3. The second kappa shape index (κ2) is 5.62. The van der Waals surface area contributed by atoms with E-state index in [1.54, 1.807) is 18.2 Å². The zero-order valence-corrected chi connectivity index (χ0v) is 12.2. The molecule has 0 fully saturated rings. The van der Waals surface area contributed by atoms with Gasteiger partial charge in [0.1, 0.15) is 17.0 Å². The largest absolute Gasteiger partial charge is 0.506 e. The standard InChI is InChI=1S/C15H9ClN2O5/c16-8-5-6-11(19)10(7-8)17-13-9-3-1-2-4-12(9)23-15(20)14(13)18(21)22/h1-7,17,19H. The minimum atomic E-state index is -1.09. The van der Waals surface area contributed by atoms with Crippen LogP contribution in [-0.4, -0.2) is 10.0 Å². The highest BCUT2D eigenvalue weighted by Crippen LogP contribution is 2.36. The molecule has 116 valence electrons. The molecule has 0 aliphatic carbocycles. The van der Waals surface area contributed by atoms with E-state index in [2.05, 4.69) is 5.32 Å². The molecule has 0 saturated heterocycles. The lowest BCUT2D eigenvalue weighted by molar-refractivity contribution is -0.386. The summed E-state index contributed by atoms with van der Waals surface area (Å²) in [6.45, 7) is 0. The van der Waals surface area contributed by atoms with Gasteiger partial charge in [0.25, 0.3) is 0 Å². The van der Waals surface area contributed by atoms with Gasteiger partial charge < -0.3 is 14.8 Å². The molecule has 0 aliphatic heterocycles. The Morgan fingerprint density at radius 3 is 2.70 bits per heavy atom. The fourth-order valence-electron chi connectivity index (χ4n) is 2.18. The van der Waals surface area contributed by atoms with Crippen LogP contribution < -0.4 is 10.9 Å². The number of phenols is 1. The third kappa shape index (κ3) is 2.69. The highest BCUT2D eigenvalue weighted by atomic mass is 35.5. The van der Waals surface area contributed by atoms with E-state index >= 15 is 0 Å². The number of hydrogen-bond donors (Lipinski definition) is 2. The maximum absolute atomic E-state index is 11.9. The van der Waals surface area contributed by atoms with E-state index in [9.17, 15) is 20.0 Å². The second-order valence-electron chi connectivity index (χ2n) is 4.65. The molecular weight excluding hydrogens is 324 g/mol. The van der Waals surface area contributed by atoms with E-state index < -0.39 is 16.2 Å². The molecule has 1 heterocycles. The normalized spacial score (nSPS) is 10.7. The maximum atomic E-state index is 11.9. The summed E-state index contributed by atoms with van der Waals surface area (Å²) >= 11 is 5.87. The molecule has 0 unspecified atom stereocenters. The summed E-state index contributed by atoms with van der Waals surface area (Å²) < 4.78 is 4.96. The Hall–Kier alpha value is -3.06. The number of phenolic OH excluding ortho intramolecular Hbond substituents is 1. The molecule has 2 aromatic carbocycles. The highest BCUT2D eigenvalue weighted by Gasteiger charge is 2.25. The van der Waals surface area contributed by atoms with E-state index in [1.165, 1.54) is 24.3 Å². The van der Waals surface area contributed by atoms with Crippen LogP contribution in [0, 0.1) is 10.1 Å². The second-order valence-corrected chi connectivity index (χ2v) is 5.09. The number of nitrogens with one attached hydrogen (secondary N) is 1. The van der Waals surface area contributed by atoms with Gasteiger partial charge in [-0.3, -0.25) is 10.1 Å². The van der Waals surface area contributed by atoms with Crippen LogP contribution in [0.2, 0.25) is 5.02 Å². The van der Waals surface area contributed by atoms with Gasteiger partial charge in [-0.2, -0.15) is 0 Å². The number of aromatic hydroxyl groups is 1. The Bertz CT molecular complexity index is 983. The number of anilines is 2. The monoisotopic (exact) mass is 332 g/mol. The Kier molecular flexibility index (Phi) is 3.63. The van der Waals surface area contributed by atoms with Gasteiger partial charge in [0.05, 0.1) is 10.6 Å². The topological polar surface area (TPSA) is 106 Å². The third-order valence-electron chi connectivity index (χ3n) is 3.19. The fraction of sp³-hybridized carbons (Fsp3) is 0. The van der Waals surface area contributed by atoms with E-state index in [4.69, 9.17) is 16.0 Å². The first kappa shape index (κ1) is 14.9. The molecule has 23 heavy (non-hydrogen) atoms. The van der Waals surface area contributed by atoms with Gasteiger partial charge in [-0.05, 0) is 30.3 Å². The number of hydrogen-bond acceptors (Lipinski definition) is 6. The molecule has 8 heteroatoms. The van der Waals surface area contributed by atoms with Gasteiger partial charge in [-0.15, -0.1) is 0 Å². The van der Waals surface area contributed by atoms with Crippen molar-refractivity contribution in [1.82, 2.24) is 0 Å². The van der Waals surface area contributed by atoms with Crippen LogP contribution in [0.15, 0.2) is 51.7 Å². The number of nitro groups is 1. The maximum Gasteiger partial charge on any atom is 0.417 e. The molecule has 3 aromatic rings. The summed E-state index contributed by atoms with van der Waals surface area (Å²) in [6, 6.07) is 10.6. The number of fused-ring (bicyclic) bond motifs is 1. The average molecular weight is 333 g/mol. The minimum absolute atomic E-state index is 0.0700. The Labute approximate surface area is 133 Å². The highest BCUT2D eigenvalue weighted by molar-refractivity contribution is 6.31. The molecule has 3 rings (SSSR count). The SMILES string of the molecule is O=c1oc2ccccc2c(Nc2cc(Cl)ccc2O)c1[N+](=O)[O-]. The first-order chi connectivity index (χ1) is 11.0. The lowest BCUT2D eigenvalue weighted by atomic mass is 10.1. The van der Waals surface area contributed by atoms with Crippen molar-refractivity contribution < 1.29 is 14.4 Å². The molecule has 7 nitrogen and oxygen atoms in total. The van der Waals surface area contributed by atoms with Crippen molar-refractivity contribution in [1.29, 1.82) is 0 Å². The molecule has 0 radical (unpaired) electrons. The van der Waals surface area contributed by atoms with Crippen molar-refractivity contribution in [2.75, 3.05) is 5.32 Å². The Morgan fingerprint density at radius 2 is 1.96 bits per heavy atom. The van der Waals surface area contributed by atoms with Crippen molar-refractivity contribution in [2.45, 2.75) is 0 Å². The molecule has 0 saturated carbocycles. The van der Waals surface area contributed by atoms with Crippen LogP contribution in [0.5, 0.6) is 5.75 Å². The van der Waals surface area contributed by atoms with Crippen molar-refractivity contribution in [3.63, 3.8) is 0 Å². The van der Waals surface area contributed by atoms with Crippen molar-refractivity contribution in [2.24, 2.45) is 0 Å². The van der Waals surface area contributed by atoms with Crippen LogP contribution in [0.25, 0.3) is 11.0 Å². The van der Waals surface area contributed by atoms with Crippen molar-refractivity contribution >= 4 is 39.6 Å². The lowest BCUT2D eigenvalue weighted by Crippen LogP contribution is -2.10. The smallest absolute Gasteiger partial charge is 0.417 e. The van der Waals surface area contributed by atoms with Crippen LogP contribution in [0.1, 0.15) is 0 Å². The van der Waals surface area contributed by atoms with E-state index in [-0.39, 0.29) is 22.7 Å². The van der Waals surface area contributed by atoms with E-state index in [0.717, 1.165) is 0 Å². The Balaban J connectivity index is 2.30. The zero-order chi connectivity index (χ0) is 16.6. The van der Waals surface area contributed by atoms with Crippen LogP contribution in [-0.2, 0) is 0 Å². The summed E-state index contributed by atoms with van der Waals surface area (Å²) in [5, 5.41) is 24.5. The number of rotatable bonds is 3. The molecule has 1 aromatic heterocycles. The van der Waals surface area contributed by atoms with Gasteiger partial charge in [0, 0.05) is 10.4 Å². The molecule has 0 amide bonds. The average Bonchev–Trinajstić information content (AvgIpc) is 2.50. The summed E-state index contributed by atoms with van der Waals surface area (Å²) in [5.74, 6) is -0.166. The van der Waals surface area contributed by atoms with Crippen LogP contribution in [0.4, 0.5) is 17.1 Å². The molecular formula is C15H9ClN2O5. The summed E-state index contributed by atoms with van der Waals surface area (Å²) in [6.07, 6.45) is 0. The fourth-order valence-corrected chi connectivity index (χ4v) is 2.35. The molecule has 0 aliphatic rings. The number of para-hydroxylation sites is 1. The van der Waals surface area contributed by atoms with Gasteiger partial charge in [0.2, 0.25) is 0 Å². The summed E-state index contributed by atoms with van der Waals surface area (Å²) in [5.41, 5.74) is -1.58. The van der Waals surface area contributed by atoms with Crippen molar-refractivity contribution in [3.05, 3.63) is 68.0 Å². The quantitative estimate of drug-likeness (QED) is 0.327. The van der Waals surface area contributed by atoms with Crippen LogP contribution >= 0.6 is 11.6 Å². The number of nitrogens with zero attached hydrogens (tertiary/aromatic N) is 1. The Morgan fingerprint density at radius 1 is 1.22 bits per heavy atom. The predicted octanol–water partition coefficient (Wildman–Crippen LogP) is 3.80. The first-order valence-corrected chi connectivity index (χ1v) is 6.81. The molecule has 0 spiro atoms. The molecule has 0 bridgehead atoms. The van der Waals surface area contributed by atoms with Gasteiger partial charge in [-0.1, -0.05) is 23.7 Å². The van der Waals surface area contributed by atoms with Gasteiger partial charge >= 0.3 is 11.3 Å². The third-order valence-corrected chi connectivity index (χ3v) is 3.43. The minimum Gasteiger partial charge on any atom is -0.506 e. The van der Waals surface area contributed by atoms with E-state index in [1.807, 2.05) is 0 Å². The molecule has 2 N–H and O–H groups in total. The molecule has 0 atom stereocenters. The zero-order valence-electron chi connectivity index (χ0n) is 11.4.